The molecule has 3 aromatic rings. The number of nitrogens with one attached hydrogen (secondary N) is 1. The quantitative estimate of drug-likeness (QED) is 0.719. The van der Waals surface area contributed by atoms with Crippen LogP contribution in [-0.2, 0) is 4.79 Å². The lowest BCUT2D eigenvalue weighted by atomic mass is 10.0. The number of hydrogen-bond acceptors (Lipinski definition) is 4. The van der Waals surface area contributed by atoms with Gasteiger partial charge in [0.25, 0.3) is 5.91 Å². The van der Waals surface area contributed by atoms with Crippen LogP contribution in [-0.4, -0.2) is 24.2 Å². The molecule has 0 heterocycles. The van der Waals surface area contributed by atoms with Crippen molar-refractivity contribution in [2.24, 2.45) is 0 Å². The summed E-state index contributed by atoms with van der Waals surface area (Å²) in [4.78, 5) is 11.9. The molecule has 0 radical (unpaired) electrons. The summed E-state index contributed by atoms with van der Waals surface area (Å²) in [6.45, 7) is -0.135. The number of carbonyl (C=O) groups excluding carboxylic acids is 1. The highest BCUT2D eigenvalue weighted by Gasteiger charge is 2.11. The smallest absolute Gasteiger partial charge is 0.258 e. The van der Waals surface area contributed by atoms with Crippen LogP contribution in [0.4, 0.5) is 0 Å². The van der Waals surface area contributed by atoms with Gasteiger partial charge in [-0.1, -0.05) is 48.5 Å². The maximum Gasteiger partial charge on any atom is 0.258 e. The molecule has 5 heteroatoms. The van der Waals surface area contributed by atoms with Crippen molar-refractivity contribution in [3.63, 3.8) is 0 Å². The first kappa shape index (κ1) is 17.5. The van der Waals surface area contributed by atoms with Gasteiger partial charge in [-0.05, 0) is 34.5 Å². The second-order valence-corrected chi connectivity index (χ2v) is 5.82. The first-order valence-corrected chi connectivity index (χ1v) is 8.23. The minimum Gasteiger partial charge on any atom is -0.482 e. The number of nitrogens with zero attached hydrogens (tertiary/aromatic N) is 1. The molecule has 0 spiro atoms. The summed E-state index contributed by atoms with van der Waals surface area (Å²) in [6.07, 6.45) is -0.810. The molecule has 0 fully saturated rings. The zero-order valence-corrected chi connectivity index (χ0v) is 14.1. The highest BCUT2D eigenvalue weighted by Crippen LogP contribution is 2.20. The van der Waals surface area contributed by atoms with E-state index in [1.165, 1.54) is 0 Å². The van der Waals surface area contributed by atoms with Gasteiger partial charge in [0.15, 0.2) is 6.61 Å². The monoisotopic (exact) mass is 346 g/mol. The Bertz CT molecular complexity index is 963. The van der Waals surface area contributed by atoms with E-state index in [1.807, 2.05) is 48.5 Å². The lowest BCUT2D eigenvalue weighted by Gasteiger charge is -2.14. The zero-order valence-electron chi connectivity index (χ0n) is 14.1. The number of nitriles is 1. The molecule has 2 N–H and O–H groups in total. The largest absolute Gasteiger partial charge is 0.482 e. The number of aliphatic hydroxyl groups excluding tert-OH is 1. The van der Waals surface area contributed by atoms with Crippen LogP contribution in [0, 0.1) is 11.3 Å². The van der Waals surface area contributed by atoms with Crippen molar-refractivity contribution in [3.05, 3.63) is 77.9 Å². The van der Waals surface area contributed by atoms with Crippen molar-refractivity contribution in [1.29, 1.82) is 5.26 Å². The summed E-state index contributed by atoms with van der Waals surface area (Å²) in [5.74, 6) is -0.00203. The van der Waals surface area contributed by atoms with Crippen LogP contribution >= 0.6 is 0 Å². The first-order valence-electron chi connectivity index (χ1n) is 8.23. The lowest BCUT2D eigenvalue weighted by molar-refractivity contribution is -0.123. The number of para-hydroxylation sites is 1. The van der Waals surface area contributed by atoms with Crippen LogP contribution in [0.1, 0.15) is 17.2 Å². The Hall–Kier alpha value is -3.36. The molecular weight excluding hydrogens is 328 g/mol. The SMILES string of the molecule is N#Cc1ccccc1OCC(=O)NCC(O)c1ccc2ccccc2c1. The number of hydrogen-bond donors (Lipinski definition) is 2. The number of rotatable bonds is 6. The van der Waals surface area contributed by atoms with Crippen LogP contribution < -0.4 is 10.1 Å². The molecule has 1 amide bonds. The topological polar surface area (TPSA) is 82.3 Å². The third-order valence-corrected chi connectivity index (χ3v) is 4.02. The fourth-order valence-electron chi connectivity index (χ4n) is 2.62. The number of carbonyl (C=O) groups is 1. The third kappa shape index (κ3) is 4.18. The second kappa shape index (κ2) is 8.15. The van der Waals surface area contributed by atoms with E-state index in [2.05, 4.69) is 5.32 Å². The highest BCUT2D eigenvalue weighted by atomic mass is 16.5. The van der Waals surface area contributed by atoms with Gasteiger partial charge in [-0.25, -0.2) is 0 Å². The molecule has 130 valence electrons. The maximum absolute atomic E-state index is 11.9. The predicted molar refractivity (Wildman–Crippen MR) is 98.6 cm³/mol. The zero-order chi connectivity index (χ0) is 18.4. The summed E-state index contributed by atoms with van der Waals surface area (Å²) in [6, 6.07) is 22.3. The Morgan fingerprint density at radius 1 is 1.08 bits per heavy atom. The molecule has 1 atom stereocenters. The van der Waals surface area contributed by atoms with Gasteiger partial charge in [-0.3, -0.25) is 4.79 Å². The number of aliphatic hydroxyl groups is 1. The van der Waals surface area contributed by atoms with Crippen LogP contribution in [0.3, 0.4) is 0 Å². The van der Waals surface area contributed by atoms with Gasteiger partial charge in [0.2, 0.25) is 0 Å². The van der Waals surface area contributed by atoms with Crippen LogP contribution in [0.2, 0.25) is 0 Å². The molecule has 3 aromatic carbocycles. The minimum atomic E-state index is -0.810. The van der Waals surface area contributed by atoms with Gasteiger partial charge < -0.3 is 15.2 Å². The van der Waals surface area contributed by atoms with Crippen LogP contribution in [0.15, 0.2) is 66.7 Å². The van der Waals surface area contributed by atoms with Crippen molar-refractivity contribution >= 4 is 16.7 Å². The van der Waals surface area contributed by atoms with Crippen molar-refractivity contribution in [2.45, 2.75) is 6.10 Å². The summed E-state index contributed by atoms with van der Waals surface area (Å²) >= 11 is 0. The fraction of sp³-hybridized carbons (Fsp3) is 0.143. The average Bonchev–Trinajstić information content (AvgIpc) is 2.70. The molecule has 1 unspecified atom stereocenters. The van der Waals surface area contributed by atoms with Gasteiger partial charge in [0.05, 0.1) is 11.7 Å². The molecule has 0 saturated heterocycles. The van der Waals surface area contributed by atoms with Gasteiger partial charge in [-0.15, -0.1) is 0 Å². The number of ether oxygens (including phenoxy) is 1. The molecule has 0 aliphatic carbocycles. The summed E-state index contributed by atoms with van der Waals surface area (Å²) in [7, 11) is 0. The van der Waals surface area contributed by atoms with E-state index in [9.17, 15) is 9.90 Å². The Labute approximate surface area is 151 Å². The van der Waals surface area contributed by atoms with Gasteiger partial charge in [0.1, 0.15) is 11.8 Å². The fourth-order valence-corrected chi connectivity index (χ4v) is 2.62. The van der Waals surface area contributed by atoms with Crippen molar-refractivity contribution in [1.82, 2.24) is 5.32 Å². The lowest BCUT2D eigenvalue weighted by Crippen LogP contribution is -2.32. The van der Waals surface area contributed by atoms with E-state index >= 15 is 0 Å². The standard InChI is InChI=1S/C21H18N2O3/c22-12-18-7-3-4-8-20(18)26-14-21(25)23-13-19(24)17-10-9-15-5-1-2-6-16(15)11-17/h1-11,19,24H,13-14H2,(H,23,25). The van der Waals surface area contributed by atoms with Gasteiger partial charge in [-0.2, -0.15) is 5.26 Å². The van der Waals surface area contributed by atoms with E-state index in [4.69, 9.17) is 10.00 Å². The second-order valence-electron chi connectivity index (χ2n) is 5.82. The van der Waals surface area contributed by atoms with E-state index in [1.54, 1.807) is 24.3 Å². The van der Waals surface area contributed by atoms with Crippen molar-refractivity contribution < 1.29 is 14.6 Å². The third-order valence-electron chi connectivity index (χ3n) is 4.02. The molecule has 0 aliphatic heterocycles. The molecule has 0 aromatic heterocycles. The molecule has 3 rings (SSSR count). The Morgan fingerprint density at radius 2 is 1.81 bits per heavy atom. The molecule has 0 aliphatic rings. The highest BCUT2D eigenvalue weighted by molar-refractivity contribution is 5.83. The Balaban J connectivity index is 1.54. The number of amides is 1. The average molecular weight is 346 g/mol. The number of fused-ring (bicyclic) bond motifs is 1. The molecule has 26 heavy (non-hydrogen) atoms. The van der Waals surface area contributed by atoms with Gasteiger partial charge in [0, 0.05) is 6.54 Å². The normalized spacial score (nSPS) is 11.5. The van der Waals surface area contributed by atoms with E-state index in [-0.39, 0.29) is 19.1 Å². The minimum absolute atomic E-state index is 0.0838. The molecule has 0 saturated carbocycles. The predicted octanol–water partition coefficient (Wildman–Crippen LogP) is 2.94. The van der Waals surface area contributed by atoms with Gasteiger partial charge >= 0.3 is 0 Å². The molecule has 5 nitrogen and oxygen atoms in total. The van der Waals surface area contributed by atoms with E-state index in [0.29, 0.717) is 11.3 Å². The van der Waals surface area contributed by atoms with Crippen molar-refractivity contribution in [2.75, 3.05) is 13.2 Å². The van der Waals surface area contributed by atoms with Crippen LogP contribution in [0.25, 0.3) is 10.8 Å². The number of benzene rings is 3. The Morgan fingerprint density at radius 3 is 2.62 bits per heavy atom. The van der Waals surface area contributed by atoms with E-state index in [0.717, 1.165) is 16.3 Å². The van der Waals surface area contributed by atoms with Crippen molar-refractivity contribution in [3.8, 4) is 11.8 Å². The summed E-state index contributed by atoms with van der Waals surface area (Å²) < 4.78 is 5.37. The Kier molecular flexibility index (Phi) is 5.47. The van der Waals surface area contributed by atoms with E-state index < -0.39 is 6.10 Å². The maximum atomic E-state index is 11.9. The van der Waals surface area contributed by atoms with Crippen LogP contribution in [0.5, 0.6) is 5.75 Å². The summed E-state index contributed by atoms with van der Waals surface area (Å²) in [5.41, 5.74) is 1.11. The first-order chi connectivity index (χ1) is 12.7. The summed E-state index contributed by atoms with van der Waals surface area (Å²) in [5, 5.41) is 24.1. The molecule has 0 bridgehead atoms. The molecular formula is C21H18N2O3.